The van der Waals surface area contributed by atoms with Gasteiger partial charge in [0.25, 0.3) is 0 Å². The molecule has 0 radical (unpaired) electrons. The Morgan fingerprint density at radius 1 is 1.26 bits per heavy atom. The molecule has 0 unspecified atom stereocenters. The van der Waals surface area contributed by atoms with Crippen LogP contribution in [0, 0.1) is 5.82 Å². The predicted octanol–water partition coefficient (Wildman–Crippen LogP) is 2.69. The van der Waals surface area contributed by atoms with Crippen molar-refractivity contribution >= 4 is 21.8 Å². The molecule has 5 heteroatoms. The first-order valence-electron chi connectivity index (χ1n) is 6.58. The zero-order valence-electron chi connectivity index (χ0n) is 10.8. The molecule has 2 rings (SSSR count). The normalized spacial score (nSPS) is 15.6. The third-order valence-corrected chi connectivity index (χ3v) is 3.69. The van der Waals surface area contributed by atoms with E-state index in [1.54, 1.807) is 0 Å². The molecule has 0 saturated carbocycles. The largest absolute Gasteiger partial charge is 0.342 e. The van der Waals surface area contributed by atoms with Gasteiger partial charge in [-0.25, -0.2) is 4.39 Å². The average Bonchev–Trinajstić information content (AvgIpc) is 2.38. The average molecular weight is 329 g/mol. The van der Waals surface area contributed by atoms with Crippen molar-refractivity contribution in [2.75, 3.05) is 19.6 Å². The third-order valence-electron chi connectivity index (χ3n) is 3.24. The Bertz CT molecular complexity index is 427. The summed E-state index contributed by atoms with van der Waals surface area (Å²) in [7, 11) is 0. The van der Waals surface area contributed by atoms with E-state index in [2.05, 4.69) is 21.2 Å². The predicted molar refractivity (Wildman–Crippen MR) is 76.2 cm³/mol. The summed E-state index contributed by atoms with van der Waals surface area (Å²) in [5.41, 5.74) is 0.832. The van der Waals surface area contributed by atoms with Crippen molar-refractivity contribution in [1.29, 1.82) is 0 Å². The van der Waals surface area contributed by atoms with E-state index in [9.17, 15) is 9.18 Å². The number of amides is 1. The van der Waals surface area contributed by atoms with Crippen LogP contribution in [-0.4, -0.2) is 30.4 Å². The Morgan fingerprint density at radius 2 is 2.00 bits per heavy atom. The Balaban J connectivity index is 1.77. The fraction of sp³-hybridized carbons (Fsp3) is 0.500. The van der Waals surface area contributed by atoms with Crippen molar-refractivity contribution in [2.45, 2.75) is 25.8 Å². The summed E-state index contributed by atoms with van der Waals surface area (Å²) in [4.78, 5) is 13.8. The van der Waals surface area contributed by atoms with Crippen LogP contribution in [0.25, 0.3) is 0 Å². The minimum absolute atomic E-state index is 0.134. The molecule has 0 bridgehead atoms. The maximum absolute atomic E-state index is 13.2. The number of nitrogens with one attached hydrogen (secondary N) is 1. The Hall–Kier alpha value is -0.940. The topological polar surface area (TPSA) is 32.3 Å². The van der Waals surface area contributed by atoms with Gasteiger partial charge in [-0.1, -0.05) is 15.9 Å². The minimum Gasteiger partial charge on any atom is -0.342 e. The molecule has 0 aliphatic carbocycles. The molecule has 1 saturated heterocycles. The van der Waals surface area contributed by atoms with E-state index in [4.69, 9.17) is 0 Å². The van der Waals surface area contributed by atoms with Crippen LogP contribution in [0.4, 0.5) is 4.39 Å². The van der Waals surface area contributed by atoms with Crippen LogP contribution in [0.2, 0.25) is 0 Å². The number of likely N-dealkylation sites (tertiary alicyclic amines) is 1. The van der Waals surface area contributed by atoms with Crippen LogP contribution < -0.4 is 5.32 Å². The number of carbonyl (C=O) groups is 1. The second-order valence-electron chi connectivity index (χ2n) is 4.82. The Kier molecular flexibility index (Phi) is 5.34. The molecule has 0 aromatic heterocycles. The highest BCUT2D eigenvalue weighted by molar-refractivity contribution is 9.10. The van der Waals surface area contributed by atoms with E-state index in [1.807, 2.05) is 11.0 Å². The molecule has 104 valence electrons. The van der Waals surface area contributed by atoms with Crippen LogP contribution in [0.1, 0.15) is 24.8 Å². The van der Waals surface area contributed by atoms with Crippen molar-refractivity contribution < 1.29 is 9.18 Å². The third kappa shape index (κ3) is 4.58. The van der Waals surface area contributed by atoms with Gasteiger partial charge in [-0.2, -0.15) is 0 Å². The number of carbonyl (C=O) groups excluding carboxylic acids is 1. The number of halogens is 2. The molecule has 3 nitrogen and oxygen atoms in total. The summed E-state index contributed by atoms with van der Waals surface area (Å²) in [5, 5.41) is 3.07. The summed E-state index contributed by atoms with van der Waals surface area (Å²) in [6.45, 7) is 2.54. The lowest BCUT2D eigenvalue weighted by atomic mass is 10.1. The number of hydrogen-bond acceptors (Lipinski definition) is 2. The fourth-order valence-electron chi connectivity index (χ4n) is 2.28. The van der Waals surface area contributed by atoms with Gasteiger partial charge in [0.2, 0.25) is 5.91 Å². The van der Waals surface area contributed by atoms with Crippen LogP contribution in [0.3, 0.4) is 0 Å². The first-order valence-corrected chi connectivity index (χ1v) is 7.38. The zero-order valence-corrected chi connectivity index (χ0v) is 12.4. The van der Waals surface area contributed by atoms with Gasteiger partial charge in [0, 0.05) is 24.1 Å². The first-order chi connectivity index (χ1) is 9.15. The fourth-order valence-corrected chi connectivity index (χ4v) is 2.79. The number of rotatable bonds is 4. The number of hydrogen-bond donors (Lipinski definition) is 1. The van der Waals surface area contributed by atoms with E-state index in [-0.39, 0.29) is 11.7 Å². The van der Waals surface area contributed by atoms with Gasteiger partial charge in [-0.05, 0) is 43.0 Å². The molecule has 1 heterocycles. The van der Waals surface area contributed by atoms with Crippen molar-refractivity contribution in [2.24, 2.45) is 0 Å². The highest BCUT2D eigenvalue weighted by atomic mass is 79.9. The summed E-state index contributed by atoms with van der Waals surface area (Å²) in [6, 6.07) is 4.74. The summed E-state index contributed by atoms with van der Waals surface area (Å²) >= 11 is 3.25. The van der Waals surface area contributed by atoms with E-state index in [0.29, 0.717) is 17.6 Å². The first kappa shape index (κ1) is 14.5. The molecular weight excluding hydrogens is 311 g/mol. The molecule has 1 aromatic carbocycles. The van der Waals surface area contributed by atoms with Gasteiger partial charge in [0.1, 0.15) is 5.82 Å². The van der Waals surface area contributed by atoms with E-state index >= 15 is 0 Å². The van der Waals surface area contributed by atoms with Crippen molar-refractivity contribution in [1.82, 2.24) is 10.2 Å². The Labute approximate surface area is 121 Å². The lowest BCUT2D eigenvalue weighted by molar-refractivity contribution is -0.131. The van der Waals surface area contributed by atoms with Gasteiger partial charge in [-0.15, -0.1) is 0 Å². The summed E-state index contributed by atoms with van der Waals surface area (Å²) in [6.07, 6.45) is 3.42. The maximum Gasteiger partial charge on any atom is 0.236 e. The zero-order chi connectivity index (χ0) is 13.7. The molecular formula is C14H18BrFN2O. The second-order valence-corrected chi connectivity index (χ2v) is 5.74. The van der Waals surface area contributed by atoms with Crippen molar-refractivity contribution in [3.63, 3.8) is 0 Å². The van der Waals surface area contributed by atoms with E-state index < -0.39 is 0 Å². The standard InChI is InChI=1S/C14H18BrFN2O/c15-12-6-11(7-13(16)8-12)9-17-10-14(19)18-4-2-1-3-5-18/h6-8,17H,1-5,9-10H2. The molecule has 0 atom stereocenters. The van der Waals surface area contributed by atoms with Gasteiger partial charge in [-0.3, -0.25) is 4.79 Å². The van der Waals surface area contributed by atoms with Crippen LogP contribution in [0.15, 0.2) is 22.7 Å². The molecule has 0 spiro atoms. The number of piperidine rings is 1. The smallest absolute Gasteiger partial charge is 0.236 e. The molecule has 1 aliphatic rings. The Morgan fingerprint density at radius 3 is 2.68 bits per heavy atom. The quantitative estimate of drug-likeness (QED) is 0.921. The van der Waals surface area contributed by atoms with E-state index in [0.717, 1.165) is 31.5 Å². The molecule has 1 amide bonds. The molecule has 19 heavy (non-hydrogen) atoms. The lowest BCUT2D eigenvalue weighted by Gasteiger charge is -2.26. The lowest BCUT2D eigenvalue weighted by Crippen LogP contribution is -2.40. The highest BCUT2D eigenvalue weighted by Gasteiger charge is 2.15. The van der Waals surface area contributed by atoms with Crippen molar-refractivity contribution in [3.05, 3.63) is 34.1 Å². The van der Waals surface area contributed by atoms with Gasteiger partial charge in [0.05, 0.1) is 6.54 Å². The SMILES string of the molecule is O=C(CNCc1cc(F)cc(Br)c1)N1CCCCC1. The summed E-state index contributed by atoms with van der Waals surface area (Å²) < 4.78 is 13.9. The van der Waals surface area contributed by atoms with Gasteiger partial charge in [0.15, 0.2) is 0 Å². The van der Waals surface area contributed by atoms with Crippen LogP contribution >= 0.6 is 15.9 Å². The molecule has 1 N–H and O–H groups in total. The second kappa shape index (κ2) is 7.01. The van der Waals surface area contributed by atoms with Crippen molar-refractivity contribution in [3.8, 4) is 0 Å². The number of benzene rings is 1. The number of nitrogens with zero attached hydrogens (tertiary/aromatic N) is 1. The minimum atomic E-state index is -0.270. The molecule has 1 fully saturated rings. The molecule has 1 aliphatic heterocycles. The molecule has 1 aromatic rings. The van der Waals surface area contributed by atoms with Gasteiger partial charge < -0.3 is 10.2 Å². The van der Waals surface area contributed by atoms with Crippen LogP contribution in [-0.2, 0) is 11.3 Å². The monoisotopic (exact) mass is 328 g/mol. The van der Waals surface area contributed by atoms with E-state index in [1.165, 1.54) is 18.6 Å². The summed E-state index contributed by atoms with van der Waals surface area (Å²) in [5.74, 6) is -0.135. The maximum atomic E-state index is 13.2. The highest BCUT2D eigenvalue weighted by Crippen LogP contribution is 2.14. The van der Waals surface area contributed by atoms with Crippen LogP contribution in [0.5, 0.6) is 0 Å². The van der Waals surface area contributed by atoms with Gasteiger partial charge >= 0.3 is 0 Å².